The highest BCUT2D eigenvalue weighted by molar-refractivity contribution is 7.22. The van der Waals surface area contributed by atoms with Crippen molar-refractivity contribution in [1.29, 1.82) is 0 Å². The molecular weight excluding hydrogens is 410 g/mol. The molecule has 28 heavy (non-hydrogen) atoms. The maximum Gasteiger partial charge on any atom is 0.234 e. The first-order valence-electron chi connectivity index (χ1n) is 8.91. The van der Waals surface area contributed by atoms with Crippen LogP contribution in [0.3, 0.4) is 0 Å². The molecule has 142 valence electrons. The minimum atomic E-state index is -0.00579. The molecule has 0 saturated heterocycles. The number of rotatable bonds is 5. The molecule has 4 nitrogen and oxygen atoms in total. The van der Waals surface area contributed by atoms with Gasteiger partial charge >= 0.3 is 0 Å². The number of carbonyl (C=O) groups excluding carboxylic acids is 1. The van der Waals surface area contributed by atoms with E-state index in [4.69, 9.17) is 11.6 Å². The van der Waals surface area contributed by atoms with Crippen molar-refractivity contribution in [1.82, 2.24) is 9.97 Å². The number of carbonyl (C=O) groups is 1. The summed E-state index contributed by atoms with van der Waals surface area (Å²) < 4.78 is 1.01. The average Bonchev–Trinajstić information content (AvgIpc) is 3.29. The van der Waals surface area contributed by atoms with Gasteiger partial charge in [0.15, 0.2) is 5.13 Å². The molecule has 4 aromatic rings. The summed E-state index contributed by atoms with van der Waals surface area (Å²) >= 11 is 9.11. The van der Waals surface area contributed by atoms with Crippen molar-refractivity contribution in [2.24, 2.45) is 0 Å². The molecule has 1 amide bonds. The van der Waals surface area contributed by atoms with Gasteiger partial charge in [0.25, 0.3) is 0 Å². The van der Waals surface area contributed by atoms with Crippen LogP contribution in [0.5, 0.6) is 0 Å². The lowest BCUT2D eigenvalue weighted by Crippen LogP contribution is -2.31. The molecule has 0 bridgehead atoms. The van der Waals surface area contributed by atoms with Crippen LogP contribution in [-0.4, -0.2) is 22.4 Å². The van der Waals surface area contributed by atoms with Crippen molar-refractivity contribution in [3.05, 3.63) is 64.1 Å². The lowest BCUT2D eigenvalue weighted by atomic mass is 10.1. The van der Waals surface area contributed by atoms with Crippen LogP contribution in [0.2, 0.25) is 5.02 Å². The number of aromatic nitrogens is 2. The van der Waals surface area contributed by atoms with E-state index in [1.807, 2.05) is 42.6 Å². The number of hydrogen-bond acceptors (Lipinski definition) is 5. The lowest BCUT2D eigenvalue weighted by Gasteiger charge is -2.16. The standard InChI is InChI=1S/C21H18ClN3OS2/c1-3-25(21-24-17-10-15(22)7-8-18(17)28-21)19(26)11-16-12-27-20(23-16)14-6-4-5-13(2)9-14/h4-10,12H,3,11H2,1-2H3. The Morgan fingerprint density at radius 2 is 2.04 bits per heavy atom. The molecule has 0 unspecified atom stereocenters. The van der Waals surface area contributed by atoms with E-state index in [1.165, 1.54) is 16.9 Å². The SMILES string of the molecule is CCN(C(=O)Cc1csc(-c2cccc(C)c2)n1)c1nc2cc(Cl)ccc2s1. The van der Waals surface area contributed by atoms with Gasteiger partial charge in [-0.05, 0) is 38.1 Å². The molecular formula is C21H18ClN3OS2. The van der Waals surface area contributed by atoms with Crippen LogP contribution in [0, 0.1) is 6.92 Å². The summed E-state index contributed by atoms with van der Waals surface area (Å²) in [6.07, 6.45) is 0.257. The summed E-state index contributed by atoms with van der Waals surface area (Å²) in [5.41, 5.74) is 3.88. The number of hydrogen-bond donors (Lipinski definition) is 0. The van der Waals surface area contributed by atoms with E-state index in [9.17, 15) is 4.79 Å². The van der Waals surface area contributed by atoms with Gasteiger partial charge in [-0.15, -0.1) is 11.3 Å². The number of halogens is 1. The molecule has 2 heterocycles. The van der Waals surface area contributed by atoms with Crippen LogP contribution in [0.1, 0.15) is 18.2 Å². The van der Waals surface area contributed by atoms with Gasteiger partial charge in [0.1, 0.15) is 5.01 Å². The molecule has 7 heteroatoms. The van der Waals surface area contributed by atoms with Crippen LogP contribution >= 0.6 is 34.3 Å². The molecule has 0 fully saturated rings. The molecule has 4 rings (SSSR count). The fraction of sp³-hybridized carbons (Fsp3) is 0.190. The minimum Gasteiger partial charge on any atom is -0.288 e. The van der Waals surface area contributed by atoms with Crippen LogP contribution in [0.15, 0.2) is 47.8 Å². The summed E-state index contributed by atoms with van der Waals surface area (Å²) in [7, 11) is 0. The number of likely N-dealkylation sites (N-methyl/N-ethyl adjacent to an activating group) is 1. The Balaban J connectivity index is 1.54. The van der Waals surface area contributed by atoms with Gasteiger partial charge in [0, 0.05) is 22.5 Å². The van der Waals surface area contributed by atoms with E-state index < -0.39 is 0 Å². The van der Waals surface area contributed by atoms with Crippen LogP contribution in [-0.2, 0) is 11.2 Å². The first-order chi connectivity index (χ1) is 13.5. The van der Waals surface area contributed by atoms with Crippen molar-refractivity contribution >= 4 is 55.5 Å². The molecule has 0 spiro atoms. The maximum atomic E-state index is 12.9. The highest BCUT2D eigenvalue weighted by Crippen LogP contribution is 2.31. The van der Waals surface area contributed by atoms with Gasteiger partial charge in [-0.2, -0.15) is 0 Å². The lowest BCUT2D eigenvalue weighted by molar-refractivity contribution is -0.118. The Bertz CT molecular complexity index is 1150. The van der Waals surface area contributed by atoms with Crippen molar-refractivity contribution in [3.63, 3.8) is 0 Å². The molecule has 0 aliphatic carbocycles. The number of amides is 1. The Labute approximate surface area is 176 Å². The van der Waals surface area contributed by atoms with Crippen molar-refractivity contribution < 1.29 is 4.79 Å². The summed E-state index contributed by atoms with van der Waals surface area (Å²) in [5, 5.41) is 4.23. The molecule has 0 radical (unpaired) electrons. The highest BCUT2D eigenvalue weighted by atomic mass is 35.5. The predicted octanol–water partition coefficient (Wildman–Crippen LogP) is 5.98. The second-order valence-corrected chi connectivity index (χ2v) is 8.74. The monoisotopic (exact) mass is 427 g/mol. The van der Waals surface area contributed by atoms with E-state index >= 15 is 0 Å². The smallest absolute Gasteiger partial charge is 0.234 e. The van der Waals surface area contributed by atoms with Gasteiger partial charge in [-0.1, -0.05) is 46.7 Å². The average molecular weight is 428 g/mol. The van der Waals surface area contributed by atoms with Gasteiger partial charge in [0.2, 0.25) is 5.91 Å². The normalized spacial score (nSPS) is 11.1. The minimum absolute atomic E-state index is 0.00579. The molecule has 0 aliphatic heterocycles. The van der Waals surface area contributed by atoms with Crippen LogP contribution < -0.4 is 4.90 Å². The topological polar surface area (TPSA) is 46.1 Å². The second-order valence-electron chi connectivity index (χ2n) is 6.44. The Hall–Kier alpha value is -2.28. The van der Waals surface area contributed by atoms with Crippen molar-refractivity contribution in [3.8, 4) is 10.6 Å². The van der Waals surface area contributed by atoms with Crippen molar-refractivity contribution in [2.45, 2.75) is 20.3 Å². The third-order valence-electron chi connectivity index (χ3n) is 4.34. The first kappa shape index (κ1) is 19.1. The largest absolute Gasteiger partial charge is 0.288 e. The highest BCUT2D eigenvalue weighted by Gasteiger charge is 2.20. The summed E-state index contributed by atoms with van der Waals surface area (Å²) in [6.45, 7) is 4.57. The third kappa shape index (κ3) is 3.94. The summed E-state index contributed by atoms with van der Waals surface area (Å²) in [6, 6.07) is 13.8. The number of thiazole rings is 2. The van der Waals surface area contributed by atoms with E-state index in [0.29, 0.717) is 16.7 Å². The fourth-order valence-corrected chi connectivity index (χ4v) is 4.98. The predicted molar refractivity (Wildman–Crippen MR) is 119 cm³/mol. The fourth-order valence-electron chi connectivity index (χ4n) is 2.97. The number of benzene rings is 2. The third-order valence-corrected chi connectivity index (χ3v) is 6.57. The van der Waals surface area contributed by atoms with Gasteiger partial charge in [0.05, 0.1) is 22.3 Å². The first-order valence-corrected chi connectivity index (χ1v) is 11.0. The number of aryl methyl sites for hydroxylation is 1. The molecule has 2 aromatic carbocycles. The molecule has 0 aliphatic rings. The van der Waals surface area contributed by atoms with E-state index in [0.717, 1.165) is 26.5 Å². The van der Waals surface area contributed by atoms with Gasteiger partial charge < -0.3 is 0 Å². The van der Waals surface area contributed by atoms with Crippen LogP contribution in [0.4, 0.5) is 5.13 Å². The van der Waals surface area contributed by atoms with E-state index in [2.05, 4.69) is 29.0 Å². The van der Waals surface area contributed by atoms with Gasteiger partial charge in [-0.3, -0.25) is 9.69 Å². The number of anilines is 1. The number of nitrogens with zero attached hydrogens (tertiary/aromatic N) is 3. The second kappa shape index (κ2) is 7.99. The van der Waals surface area contributed by atoms with Crippen LogP contribution in [0.25, 0.3) is 20.8 Å². The quantitative estimate of drug-likeness (QED) is 0.393. The van der Waals surface area contributed by atoms with Gasteiger partial charge in [-0.25, -0.2) is 9.97 Å². The van der Waals surface area contributed by atoms with E-state index in [-0.39, 0.29) is 12.3 Å². The molecule has 0 N–H and O–H groups in total. The zero-order valence-corrected chi connectivity index (χ0v) is 17.9. The van der Waals surface area contributed by atoms with Crippen molar-refractivity contribution in [2.75, 3.05) is 11.4 Å². The van der Waals surface area contributed by atoms with E-state index in [1.54, 1.807) is 16.2 Å². The molecule has 0 saturated carbocycles. The maximum absolute atomic E-state index is 12.9. The zero-order chi connectivity index (χ0) is 19.7. The Kier molecular flexibility index (Phi) is 5.44. The number of fused-ring (bicyclic) bond motifs is 1. The zero-order valence-electron chi connectivity index (χ0n) is 15.5. The molecule has 0 atom stereocenters. The molecule has 2 aromatic heterocycles. The summed E-state index contributed by atoms with van der Waals surface area (Å²) in [5.74, 6) is -0.00579. The summed E-state index contributed by atoms with van der Waals surface area (Å²) in [4.78, 5) is 23.9. The Morgan fingerprint density at radius 1 is 1.18 bits per heavy atom. The Morgan fingerprint density at radius 3 is 2.82 bits per heavy atom.